The van der Waals surface area contributed by atoms with E-state index in [9.17, 15) is 5.11 Å². The van der Waals surface area contributed by atoms with Crippen molar-refractivity contribution in [3.05, 3.63) is 28.2 Å². The zero-order valence-corrected chi connectivity index (χ0v) is 12.3. The molecule has 0 spiro atoms. The minimum absolute atomic E-state index is 0.268. The van der Waals surface area contributed by atoms with Crippen molar-refractivity contribution in [2.75, 3.05) is 7.11 Å². The fourth-order valence-corrected chi connectivity index (χ4v) is 2.52. The molecule has 2 nitrogen and oxygen atoms in total. The van der Waals surface area contributed by atoms with Crippen LogP contribution in [-0.2, 0) is 6.42 Å². The van der Waals surface area contributed by atoms with Gasteiger partial charge in [0, 0.05) is 0 Å². The molecule has 17 heavy (non-hydrogen) atoms. The molecule has 1 rings (SSSR count). The molecule has 0 bridgehead atoms. The quantitative estimate of drug-likeness (QED) is 0.866. The topological polar surface area (TPSA) is 29.5 Å². The number of hydrogen-bond acceptors (Lipinski definition) is 2. The van der Waals surface area contributed by atoms with Gasteiger partial charge in [0.15, 0.2) is 0 Å². The zero-order valence-electron chi connectivity index (χ0n) is 10.7. The molecule has 2 unspecified atom stereocenters. The molecule has 0 aliphatic carbocycles. The summed E-state index contributed by atoms with van der Waals surface area (Å²) in [6, 6.07) is 5.95. The van der Waals surface area contributed by atoms with E-state index in [1.807, 2.05) is 18.2 Å². The SMILES string of the molecule is CCCC(C)C(O)Cc1ccc(OC)c(Br)c1. The second-order valence-electron chi connectivity index (χ2n) is 4.51. The van der Waals surface area contributed by atoms with Gasteiger partial charge < -0.3 is 9.84 Å². The van der Waals surface area contributed by atoms with Crippen molar-refractivity contribution < 1.29 is 9.84 Å². The van der Waals surface area contributed by atoms with E-state index in [4.69, 9.17) is 4.74 Å². The largest absolute Gasteiger partial charge is 0.496 e. The van der Waals surface area contributed by atoms with Gasteiger partial charge in [-0.1, -0.05) is 26.3 Å². The average molecular weight is 301 g/mol. The maximum atomic E-state index is 10.1. The third-order valence-corrected chi connectivity index (χ3v) is 3.68. The Kier molecular flexibility index (Phi) is 6.00. The molecule has 0 fully saturated rings. The minimum atomic E-state index is -0.268. The van der Waals surface area contributed by atoms with Crippen molar-refractivity contribution in [1.82, 2.24) is 0 Å². The highest BCUT2D eigenvalue weighted by molar-refractivity contribution is 9.10. The first-order valence-corrected chi connectivity index (χ1v) is 6.88. The zero-order chi connectivity index (χ0) is 12.8. The number of aliphatic hydroxyl groups is 1. The first kappa shape index (κ1) is 14.5. The van der Waals surface area contributed by atoms with Crippen LogP contribution in [0.25, 0.3) is 0 Å². The molecular formula is C14H21BrO2. The normalized spacial score (nSPS) is 14.4. The number of rotatable bonds is 6. The summed E-state index contributed by atoms with van der Waals surface area (Å²) in [4.78, 5) is 0. The molecule has 0 saturated carbocycles. The van der Waals surface area contributed by atoms with Crippen LogP contribution in [0.4, 0.5) is 0 Å². The van der Waals surface area contributed by atoms with Gasteiger partial charge in [-0.15, -0.1) is 0 Å². The highest BCUT2D eigenvalue weighted by atomic mass is 79.9. The smallest absolute Gasteiger partial charge is 0.133 e. The molecule has 0 aliphatic heterocycles. The van der Waals surface area contributed by atoms with E-state index in [1.54, 1.807) is 7.11 Å². The van der Waals surface area contributed by atoms with Crippen molar-refractivity contribution in [3.8, 4) is 5.75 Å². The number of methoxy groups -OCH3 is 1. The summed E-state index contributed by atoms with van der Waals surface area (Å²) in [5, 5.41) is 10.1. The Morgan fingerprint density at radius 1 is 1.41 bits per heavy atom. The summed E-state index contributed by atoms with van der Waals surface area (Å²) >= 11 is 3.46. The molecule has 3 heteroatoms. The molecule has 0 aliphatic rings. The van der Waals surface area contributed by atoms with Gasteiger partial charge in [0.1, 0.15) is 5.75 Å². The Hall–Kier alpha value is -0.540. The van der Waals surface area contributed by atoms with Crippen molar-refractivity contribution in [3.63, 3.8) is 0 Å². The van der Waals surface area contributed by atoms with E-state index in [1.165, 1.54) is 0 Å². The Labute approximate surface area is 112 Å². The predicted molar refractivity (Wildman–Crippen MR) is 74.5 cm³/mol. The molecule has 96 valence electrons. The second kappa shape index (κ2) is 7.02. The molecule has 0 amide bonds. The van der Waals surface area contributed by atoms with Gasteiger partial charge in [-0.2, -0.15) is 0 Å². The fourth-order valence-electron chi connectivity index (χ4n) is 1.93. The lowest BCUT2D eigenvalue weighted by molar-refractivity contribution is 0.111. The lowest BCUT2D eigenvalue weighted by Crippen LogP contribution is -2.20. The summed E-state index contributed by atoms with van der Waals surface area (Å²) in [7, 11) is 1.65. The van der Waals surface area contributed by atoms with Crippen LogP contribution < -0.4 is 4.74 Å². The van der Waals surface area contributed by atoms with Gasteiger partial charge >= 0.3 is 0 Å². The number of benzene rings is 1. The Bertz CT molecular complexity index is 352. The predicted octanol–water partition coefficient (Wildman–Crippen LogP) is 3.80. The Morgan fingerprint density at radius 2 is 2.12 bits per heavy atom. The van der Waals surface area contributed by atoms with Crippen LogP contribution >= 0.6 is 15.9 Å². The number of aliphatic hydroxyl groups excluding tert-OH is 1. The summed E-state index contributed by atoms with van der Waals surface area (Å²) < 4.78 is 6.12. The lowest BCUT2D eigenvalue weighted by atomic mass is 9.94. The van der Waals surface area contributed by atoms with Crippen molar-refractivity contribution in [2.24, 2.45) is 5.92 Å². The summed E-state index contributed by atoms with van der Waals surface area (Å²) in [6.45, 7) is 4.25. The van der Waals surface area contributed by atoms with Crippen molar-refractivity contribution in [1.29, 1.82) is 0 Å². The van der Waals surface area contributed by atoms with Gasteiger partial charge in [-0.25, -0.2) is 0 Å². The van der Waals surface area contributed by atoms with E-state index in [2.05, 4.69) is 29.8 Å². The first-order valence-electron chi connectivity index (χ1n) is 6.09. The van der Waals surface area contributed by atoms with Crippen LogP contribution in [0, 0.1) is 5.92 Å². The highest BCUT2D eigenvalue weighted by Crippen LogP contribution is 2.26. The monoisotopic (exact) mass is 300 g/mol. The molecule has 2 atom stereocenters. The standard InChI is InChI=1S/C14H21BrO2/c1-4-5-10(2)13(16)9-11-6-7-14(17-3)12(15)8-11/h6-8,10,13,16H,4-5,9H2,1-3H3. The Morgan fingerprint density at radius 3 is 2.65 bits per heavy atom. The molecule has 0 heterocycles. The third kappa shape index (κ3) is 4.32. The summed E-state index contributed by atoms with van der Waals surface area (Å²) in [5.41, 5.74) is 1.13. The van der Waals surface area contributed by atoms with E-state index in [0.29, 0.717) is 12.3 Å². The van der Waals surface area contributed by atoms with Crippen LogP contribution in [0.5, 0.6) is 5.75 Å². The van der Waals surface area contributed by atoms with E-state index < -0.39 is 0 Å². The highest BCUT2D eigenvalue weighted by Gasteiger charge is 2.14. The van der Waals surface area contributed by atoms with Gasteiger partial charge in [-0.3, -0.25) is 0 Å². The fraction of sp³-hybridized carbons (Fsp3) is 0.571. The molecule has 0 aromatic heterocycles. The van der Waals surface area contributed by atoms with Crippen LogP contribution in [0.15, 0.2) is 22.7 Å². The Balaban J connectivity index is 2.65. The third-order valence-electron chi connectivity index (χ3n) is 3.06. The maximum Gasteiger partial charge on any atom is 0.133 e. The van der Waals surface area contributed by atoms with Crippen molar-refractivity contribution >= 4 is 15.9 Å². The number of ether oxygens (including phenoxy) is 1. The molecular weight excluding hydrogens is 280 g/mol. The molecule has 0 saturated heterocycles. The van der Waals surface area contributed by atoms with Gasteiger partial charge in [-0.05, 0) is 52.4 Å². The van der Waals surface area contributed by atoms with Crippen LogP contribution in [-0.4, -0.2) is 18.3 Å². The molecule has 1 aromatic rings. The number of hydrogen-bond donors (Lipinski definition) is 1. The minimum Gasteiger partial charge on any atom is -0.496 e. The van der Waals surface area contributed by atoms with E-state index in [0.717, 1.165) is 28.6 Å². The molecule has 1 aromatic carbocycles. The van der Waals surface area contributed by atoms with Gasteiger partial charge in [0.25, 0.3) is 0 Å². The summed E-state index contributed by atoms with van der Waals surface area (Å²) in [6.07, 6.45) is 2.61. The van der Waals surface area contributed by atoms with Crippen LogP contribution in [0.2, 0.25) is 0 Å². The van der Waals surface area contributed by atoms with E-state index in [-0.39, 0.29) is 6.10 Å². The summed E-state index contributed by atoms with van der Waals surface area (Å²) in [5.74, 6) is 1.17. The second-order valence-corrected chi connectivity index (χ2v) is 5.36. The molecule has 0 radical (unpaired) electrons. The first-order chi connectivity index (χ1) is 8.08. The van der Waals surface area contributed by atoms with Gasteiger partial charge in [0.05, 0.1) is 17.7 Å². The lowest BCUT2D eigenvalue weighted by Gasteiger charge is -2.18. The molecule has 1 N–H and O–H groups in total. The van der Waals surface area contributed by atoms with Crippen molar-refractivity contribution in [2.45, 2.75) is 39.2 Å². The van der Waals surface area contributed by atoms with Crippen LogP contribution in [0.1, 0.15) is 32.3 Å². The number of halogens is 1. The van der Waals surface area contributed by atoms with Gasteiger partial charge in [0.2, 0.25) is 0 Å². The van der Waals surface area contributed by atoms with E-state index >= 15 is 0 Å². The average Bonchev–Trinajstić information content (AvgIpc) is 2.29. The van der Waals surface area contributed by atoms with Crippen LogP contribution in [0.3, 0.4) is 0 Å². The maximum absolute atomic E-state index is 10.1.